The van der Waals surface area contributed by atoms with Crippen LogP contribution in [0.5, 0.6) is 0 Å². The minimum absolute atomic E-state index is 0.145. The van der Waals surface area contributed by atoms with Gasteiger partial charge < -0.3 is 14.8 Å². The fraction of sp³-hybridized carbons (Fsp3) is 0.857. The van der Waals surface area contributed by atoms with E-state index in [1.165, 1.54) is 0 Å². The van der Waals surface area contributed by atoms with Crippen LogP contribution in [0.1, 0.15) is 12.8 Å². The molecule has 0 aromatic rings. The van der Waals surface area contributed by atoms with Crippen molar-refractivity contribution in [2.45, 2.75) is 18.4 Å². The average Bonchev–Trinajstić information content (AvgIpc) is 2.40. The Hall–Kier alpha value is -0.210. The highest BCUT2D eigenvalue weighted by Gasteiger charge is 2.39. The van der Waals surface area contributed by atoms with Crippen LogP contribution < -0.4 is 10.4 Å². The van der Waals surface area contributed by atoms with Gasteiger partial charge in [0.2, 0.25) is 0 Å². The van der Waals surface area contributed by atoms with E-state index in [-0.39, 0.29) is 5.54 Å². The molecule has 1 unspecified atom stereocenters. The quantitative estimate of drug-likeness (QED) is 0.304. The van der Waals surface area contributed by atoms with Crippen LogP contribution in [0.3, 0.4) is 0 Å². The zero-order valence-corrected chi connectivity index (χ0v) is 13.6. The second kappa shape index (κ2) is 10.5. The highest BCUT2D eigenvalue weighted by molar-refractivity contribution is 7.13. The Morgan fingerprint density at radius 1 is 1.30 bits per heavy atom. The first kappa shape index (κ1) is 17.8. The summed E-state index contributed by atoms with van der Waals surface area (Å²) in [6, 6.07) is 0. The molecule has 0 aromatic heterocycles. The number of terminal acetylenes is 1. The van der Waals surface area contributed by atoms with Crippen molar-refractivity contribution < 1.29 is 9.47 Å². The van der Waals surface area contributed by atoms with E-state index in [0.717, 1.165) is 65.4 Å². The normalized spacial score (nSPS) is 16.9. The number of nitrogens with one attached hydrogen (secondary N) is 2. The van der Waals surface area contributed by atoms with Crippen LogP contribution in [0.25, 0.3) is 0 Å². The lowest BCUT2D eigenvalue weighted by Gasteiger charge is -2.48. The summed E-state index contributed by atoms with van der Waals surface area (Å²) in [6.07, 6.45) is 7.19. The summed E-state index contributed by atoms with van der Waals surface area (Å²) in [5.41, 5.74) is 0.145. The second-order valence-electron chi connectivity index (χ2n) is 5.16. The van der Waals surface area contributed by atoms with Crippen molar-refractivity contribution in [3.05, 3.63) is 0 Å². The molecule has 0 aromatic carbocycles. The first-order valence-corrected chi connectivity index (χ1v) is 7.77. The maximum Gasteiger partial charge on any atom is 0.0594 e. The van der Waals surface area contributed by atoms with Crippen molar-refractivity contribution in [2.24, 2.45) is 0 Å². The summed E-state index contributed by atoms with van der Waals surface area (Å²) < 4.78 is 11.1. The van der Waals surface area contributed by atoms with Gasteiger partial charge in [0.25, 0.3) is 0 Å². The molecule has 1 rings (SSSR count). The maximum atomic E-state index is 5.64. The van der Waals surface area contributed by atoms with Crippen molar-refractivity contribution >= 4 is 9.39 Å². The van der Waals surface area contributed by atoms with Gasteiger partial charge in [-0.3, -0.25) is 9.99 Å². The van der Waals surface area contributed by atoms with Crippen LogP contribution in [-0.2, 0) is 9.47 Å². The average molecular weight is 301 g/mol. The Kier molecular flexibility index (Phi) is 9.37. The molecule has 1 aliphatic heterocycles. The Labute approximate surface area is 125 Å². The minimum Gasteiger partial charge on any atom is -0.380 e. The third-order valence-corrected chi connectivity index (χ3v) is 3.98. The Bertz CT molecular complexity index is 293. The molecule has 0 radical (unpaired) electrons. The number of hydrogen-bond acceptors (Lipinski definition) is 5. The molecular weight excluding hydrogens is 273 g/mol. The molecule has 0 amide bonds. The Morgan fingerprint density at radius 3 is 2.55 bits per heavy atom. The molecule has 20 heavy (non-hydrogen) atoms. The highest BCUT2D eigenvalue weighted by atomic mass is 31.0. The summed E-state index contributed by atoms with van der Waals surface area (Å²) in [5, 5.41) is 6.26. The van der Waals surface area contributed by atoms with Gasteiger partial charge in [-0.1, -0.05) is 9.39 Å². The van der Waals surface area contributed by atoms with Gasteiger partial charge in [-0.25, -0.2) is 0 Å². The van der Waals surface area contributed by atoms with Gasteiger partial charge in [0.1, 0.15) is 0 Å². The van der Waals surface area contributed by atoms with Crippen LogP contribution >= 0.6 is 9.39 Å². The van der Waals surface area contributed by atoms with Crippen LogP contribution in [0.2, 0.25) is 0 Å². The van der Waals surface area contributed by atoms with Crippen LogP contribution in [0.15, 0.2) is 0 Å². The van der Waals surface area contributed by atoms with E-state index in [0.29, 0.717) is 0 Å². The van der Waals surface area contributed by atoms with E-state index in [1.807, 2.05) is 0 Å². The lowest BCUT2D eigenvalue weighted by molar-refractivity contribution is 0.0255. The van der Waals surface area contributed by atoms with Crippen LogP contribution in [0.4, 0.5) is 0 Å². The van der Waals surface area contributed by atoms with Gasteiger partial charge in [-0.15, -0.1) is 12.3 Å². The summed E-state index contributed by atoms with van der Waals surface area (Å²) >= 11 is 0. The predicted octanol–water partition coefficient (Wildman–Crippen LogP) is 0.0865. The molecule has 116 valence electrons. The van der Waals surface area contributed by atoms with E-state index in [4.69, 9.17) is 15.9 Å². The van der Waals surface area contributed by atoms with Gasteiger partial charge >= 0.3 is 0 Å². The topological polar surface area (TPSA) is 45.8 Å². The van der Waals surface area contributed by atoms with Crippen molar-refractivity contribution in [3.63, 3.8) is 0 Å². The summed E-state index contributed by atoms with van der Waals surface area (Å²) in [6.45, 7) is 6.74. The lowest BCUT2D eigenvalue weighted by Crippen LogP contribution is -2.68. The SMILES string of the molecule is C#CCC1(N(C)CCOCCCOCCNP)CNC1. The Morgan fingerprint density at radius 2 is 2.00 bits per heavy atom. The fourth-order valence-electron chi connectivity index (χ4n) is 2.17. The van der Waals surface area contributed by atoms with Crippen molar-refractivity contribution in [1.29, 1.82) is 0 Å². The molecule has 1 aliphatic rings. The number of nitrogens with zero attached hydrogens (tertiary/aromatic N) is 1. The van der Waals surface area contributed by atoms with Gasteiger partial charge in [-0.2, -0.15) is 0 Å². The first-order valence-electron chi connectivity index (χ1n) is 7.19. The third-order valence-electron chi connectivity index (χ3n) is 3.69. The molecule has 2 N–H and O–H groups in total. The first-order chi connectivity index (χ1) is 9.75. The number of hydrogen-bond donors (Lipinski definition) is 2. The number of rotatable bonds is 12. The molecule has 1 fully saturated rings. The van der Waals surface area contributed by atoms with Crippen molar-refractivity contribution in [1.82, 2.24) is 15.3 Å². The van der Waals surface area contributed by atoms with E-state index < -0.39 is 0 Å². The molecule has 1 atom stereocenters. The van der Waals surface area contributed by atoms with Gasteiger partial charge in [0.15, 0.2) is 0 Å². The van der Waals surface area contributed by atoms with Crippen LogP contribution in [-0.4, -0.2) is 70.1 Å². The number of likely N-dealkylation sites (N-methyl/N-ethyl adjacent to an activating group) is 1. The van der Waals surface area contributed by atoms with Crippen LogP contribution in [0, 0.1) is 12.3 Å². The predicted molar refractivity (Wildman–Crippen MR) is 85.6 cm³/mol. The van der Waals surface area contributed by atoms with Gasteiger partial charge in [0, 0.05) is 45.8 Å². The van der Waals surface area contributed by atoms with E-state index in [1.54, 1.807) is 0 Å². The lowest BCUT2D eigenvalue weighted by atomic mass is 9.87. The largest absolute Gasteiger partial charge is 0.380 e. The zero-order valence-electron chi connectivity index (χ0n) is 12.5. The molecule has 6 heteroatoms. The molecule has 0 spiro atoms. The fourth-order valence-corrected chi connectivity index (χ4v) is 2.29. The maximum absolute atomic E-state index is 5.64. The third kappa shape index (κ3) is 6.05. The zero-order chi connectivity index (χ0) is 14.7. The molecule has 0 bridgehead atoms. The second-order valence-corrected chi connectivity index (χ2v) is 5.57. The molecule has 0 saturated carbocycles. The molecule has 1 saturated heterocycles. The summed E-state index contributed by atoms with van der Waals surface area (Å²) in [5.74, 6) is 2.78. The molecule has 0 aliphatic carbocycles. The number of ether oxygens (including phenoxy) is 2. The van der Waals surface area contributed by atoms with Gasteiger partial charge in [-0.05, 0) is 13.5 Å². The van der Waals surface area contributed by atoms with Gasteiger partial charge in [0.05, 0.1) is 18.8 Å². The molecular formula is C14H28N3O2P. The minimum atomic E-state index is 0.145. The van der Waals surface area contributed by atoms with Crippen molar-refractivity contribution in [3.8, 4) is 12.3 Å². The molecule has 5 nitrogen and oxygen atoms in total. The van der Waals surface area contributed by atoms with E-state index in [2.05, 4.69) is 37.7 Å². The monoisotopic (exact) mass is 301 g/mol. The summed E-state index contributed by atoms with van der Waals surface area (Å²) in [4.78, 5) is 2.32. The van der Waals surface area contributed by atoms with E-state index >= 15 is 0 Å². The van der Waals surface area contributed by atoms with Crippen molar-refractivity contribution in [2.75, 3.05) is 59.7 Å². The highest BCUT2D eigenvalue weighted by Crippen LogP contribution is 2.22. The smallest absolute Gasteiger partial charge is 0.0594 e. The standard InChI is InChI=1S/C14H28N3O2P/c1-3-5-14(12-15-13-14)17(2)7-11-19-9-4-8-18-10-6-16-20/h1,15-16H,4-13,20H2,2H3. The van der Waals surface area contributed by atoms with E-state index in [9.17, 15) is 0 Å². The molecule has 1 heterocycles. The summed E-state index contributed by atoms with van der Waals surface area (Å²) in [7, 11) is 4.58. The Balaban J connectivity index is 1.97.